The summed E-state index contributed by atoms with van der Waals surface area (Å²) in [5, 5.41) is 1.07. The zero-order valence-electron chi connectivity index (χ0n) is 11.0. The molecule has 1 aliphatic heterocycles. The number of amides is 1. The molecule has 1 saturated heterocycles. The SMILES string of the molecule is O=C(c1ccc(Br)s1)N1CCCC1c1ccc(Cl)c(Cl)c1. The van der Waals surface area contributed by atoms with Crippen LogP contribution < -0.4 is 0 Å². The fourth-order valence-corrected chi connectivity index (χ4v) is 4.30. The van der Waals surface area contributed by atoms with E-state index < -0.39 is 0 Å². The van der Waals surface area contributed by atoms with Crippen molar-refractivity contribution in [2.75, 3.05) is 6.54 Å². The third-order valence-electron chi connectivity index (χ3n) is 3.63. The summed E-state index contributed by atoms with van der Waals surface area (Å²) in [6.45, 7) is 0.777. The number of hydrogen-bond donors (Lipinski definition) is 0. The number of rotatable bonds is 2. The van der Waals surface area contributed by atoms with E-state index in [1.165, 1.54) is 11.3 Å². The van der Waals surface area contributed by atoms with Gasteiger partial charge in [0.25, 0.3) is 5.91 Å². The average molecular weight is 405 g/mol. The second-order valence-electron chi connectivity index (χ2n) is 4.93. The number of thiophene rings is 1. The minimum atomic E-state index is 0.0770. The lowest BCUT2D eigenvalue weighted by atomic mass is 10.0. The summed E-state index contributed by atoms with van der Waals surface area (Å²) < 4.78 is 0.969. The van der Waals surface area contributed by atoms with Gasteiger partial charge in [0, 0.05) is 6.54 Å². The molecule has 3 rings (SSSR count). The van der Waals surface area contributed by atoms with Crippen molar-refractivity contribution in [2.24, 2.45) is 0 Å². The summed E-state index contributed by atoms with van der Waals surface area (Å²) in [6.07, 6.45) is 1.96. The van der Waals surface area contributed by atoms with Crippen molar-refractivity contribution in [3.05, 3.63) is 54.6 Å². The third-order valence-corrected chi connectivity index (χ3v) is 5.98. The Kier molecular flexibility index (Phi) is 4.60. The Morgan fingerprint density at radius 3 is 2.71 bits per heavy atom. The van der Waals surface area contributed by atoms with Crippen LogP contribution in [0, 0.1) is 0 Å². The zero-order chi connectivity index (χ0) is 15.0. The van der Waals surface area contributed by atoms with E-state index in [0.717, 1.165) is 33.6 Å². The first kappa shape index (κ1) is 15.3. The first-order chi connectivity index (χ1) is 10.1. The number of halogens is 3. The molecule has 1 fully saturated rings. The summed E-state index contributed by atoms with van der Waals surface area (Å²) in [5.41, 5.74) is 1.05. The molecule has 0 aliphatic carbocycles. The Hall–Kier alpha value is -0.550. The summed E-state index contributed by atoms with van der Waals surface area (Å²) in [5.74, 6) is 0.0827. The third kappa shape index (κ3) is 3.14. The average Bonchev–Trinajstić information content (AvgIpc) is 3.10. The molecule has 0 N–H and O–H groups in total. The Bertz CT molecular complexity index is 688. The highest BCUT2D eigenvalue weighted by Gasteiger charge is 2.31. The largest absolute Gasteiger partial charge is 0.331 e. The van der Waals surface area contributed by atoms with Gasteiger partial charge < -0.3 is 4.90 Å². The van der Waals surface area contributed by atoms with Crippen molar-refractivity contribution in [3.8, 4) is 0 Å². The lowest BCUT2D eigenvalue weighted by Gasteiger charge is -2.25. The molecule has 1 amide bonds. The molecule has 21 heavy (non-hydrogen) atoms. The summed E-state index contributed by atoms with van der Waals surface area (Å²) in [6, 6.07) is 9.46. The first-order valence-corrected chi connectivity index (χ1v) is 8.94. The molecule has 0 radical (unpaired) electrons. The molecule has 1 aromatic heterocycles. The Morgan fingerprint density at radius 2 is 2.05 bits per heavy atom. The molecule has 110 valence electrons. The standard InChI is InChI=1S/C15H12BrCl2NOS/c16-14-6-5-13(21-14)15(20)19-7-1-2-12(19)9-3-4-10(17)11(18)8-9/h3-6,8,12H,1-2,7H2. The minimum Gasteiger partial charge on any atom is -0.331 e. The monoisotopic (exact) mass is 403 g/mol. The van der Waals surface area contributed by atoms with Crippen LogP contribution in [0.1, 0.15) is 34.1 Å². The molecular formula is C15H12BrCl2NOS. The van der Waals surface area contributed by atoms with Crippen molar-refractivity contribution in [3.63, 3.8) is 0 Å². The maximum atomic E-state index is 12.7. The number of likely N-dealkylation sites (tertiary alicyclic amines) is 1. The molecule has 1 atom stereocenters. The van der Waals surface area contributed by atoms with Gasteiger partial charge in [0.05, 0.1) is 24.8 Å². The molecule has 0 saturated carbocycles. The molecule has 1 aliphatic rings. The smallest absolute Gasteiger partial charge is 0.264 e. The Balaban J connectivity index is 1.88. The van der Waals surface area contributed by atoms with Gasteiger partial charge in [0.1, 0.15) is 0 Å². The van der Waals surface area contributed by atoms with Crippen molar-refractivity contribution < 1.29 is 4.79 Å². The lowest BCUT2D eigenvalue weighted by Crippen LogP contribution is -2.29. The molecule has 0 spiro atoms. The highest BCUT2D eigenvalue weighted by atomic mass is 79.9. The van der Waals surface area contributed by atoms with Crippen molar-refractivity contribution in [1.82, 2.24) is 4.90 Å². The topological polar surface area (TPSA) is 20.3 Å². The molecule has 2 heterocycles. The number of benzene rings is 1. The van der Waals surface area contributed by atoms with Gasteiger partial charge in [0.2, 0.25) is 0 Å². The van der Waals surface area contributed by atoms with Crippen molar-refractivity contribution in [1.29, 1.82) is 0 Å². The van der Waals surface area contributed by atoms with Gasteiger partial charge in [0.15, 0.2) is 0 Å². The minimum absolute atomic E-state index is 0.0770. The summed E-state index contributed by atoms with van der Waals surface area (Å²) in [7, 11) is 0. The van der Waals surface area contributed by atoms with Crippen LogP contribution >= 0.6 is 50.5 Å². The molecule has 0 bridgehead atoms. The van der Waals surface area contributed by atoms with Gasteiger partial charge in [-0.2, -0.15) is 0 Å². The van der Waals surface area contributed by atoms with Crippen LogP contribution in [-0.4, -0.2) is 17.4 Å². The van der Waals surface area contributed by atoms with Crippen LogP contribution in [0.4, 0.5) is 0 Å². The Morgan fingerprint density at radius 1 is 1.24 bits per heavy atom. The number of hydrogen-bond acceptors (Lipinski definition) is 2. The molecule has 2 nitrogen and oxygen atoms in total. The van der Waals surface area contributed by atoms with Crippen LogP contribution in [-0.2, 0) is 0 Å². The van der Waals surface area contributed by atoms with Gasteiger partial charge in [-0.05, 0) is 58.6 Å². The van der Waals surface area contributed by atoms with E-state index in [1.54, 1.807) is 6.07 Å². The van der Waals surface area contributed by atoms with Crippen LogP contribution in [0.2, 0.25) is 10.0 Å². The van der Waals surface area contributed by atoms with Gasteiger partial charge in [-0.15, -0.1) is 11.3 Å². The normalized spacial score (nSPS) is 18.2. The molecule has 6 heteroatoms. The van der Waals surface area contributed by atoms with E-state index in [2.05, 4.69) is 15.9 Å². The van der Waals surface area contributed by atoms with E-state index in [9.17, 15) is 4.79 Å². The second-order valence-corrected chi connectivity index (χ2v) is 8.21. The van der Waals surface area contributed by atoms with Crippen molar-refractivity contribution in [2.45, 2.75) is 18.9 Å². The quantitative estimate of drug-likeness (QED) is 0.619. The summed E-state index contributed by atoms with van der Waals surface area (Å²) in [4.78, 5) is 15.3. The van der Waals surface area contributed by atoms with E-state index in [-0.39, 0.29) is 11.9 Å². The van der Waals surface area contributed by atoms with Gasteiger partial charge in [-0.1, -0.05) is 29.3 Å². The second kappa shape index (κ2) is 6.29. The highest BCUT2D eigenvalue weighted by molar-refractivity contribution is 9.11. The fraction of sp³-hybridized carbons (Fsp3) is 0.267. The van der Waals surface area contributed by atoms with Crippen LogP contribution in [0.3, 0.4) is 0 Å². The van der Waals surface area contributed by atoms with E-state index in [0.29, 0.717) is 10.0 Å². The number of carbonyl (C=O) groups is 1. The molecule has 2 aromatic rings. The van der Waals surface area contributed by atoms with Crippen LogP contribution in [0.5, 0.6) is 0 Å². The zero-order valence-corrected chi connectivity index (χ0v) is 14.9. The molecular weight excluding hydrogens is 393 g/mol. The number of carbonyl (C=O) groups excluding carboxylic acids is 1. The van der Waals surface area contributed by atoms with E-state index in [1.807, 2.05) is 29.2 Å². The maximum Gasteiger partial charge on any atom is 0.264 e. The van der Waals surface area contributed by atoms with E-state index in [4.69, 9.17) is 23.2 Å². The lowest BCUT2D eigenvalue weighted by molar-refractivity contribution is 0.0740. The highest BCUT2D eigenvalue weighted by Crippen LogP contribution is 2.36. The van der Waals surface area contributed by atoms with Gasteiger partial charge >= 0.3 is 0 Å². The van der Waals surface area contributed by atoms with Gasteiger partial charge in [-0.3, -0.25) is 4.79 Å². The summed E-state index contributed by atoms with van der Waals surface area (Å²) >= 11 is 16.9. The van der Waals surface area contributed by atoms with Crippen LogP contribution in [0.15, 0.2) is 34.1 Å². The predicted molar refractivity (Wildman–Crippen MR) is 91.5 cm³/mol. The first-order valence-electron chi connectivity index (χ1n) is 6.57. The molecule has 1 unspecified atom stereocenters. The Labute approximate surface area is 145 Å². The number of nitrogens with zero attached hydrogens (tertiary/aromatic N) is 1. The van der Waals surface area contributed by atoms with E-state index >= 15 is 0 Å². The molecule has 1 aromatic carbocycles. The van der Waals surface area contributed by atoms with Crippen LogP contribution in [0.25, 0.3) is 0 Å². The fourth-order valence-electron chi connectivity index (χ4n) is 2.65. The van der Waals surface area contributed by atoms with Gasteiger partial charge in [-0.25, -0.2) is 0 Å². The maximum absolute atomic E-state index is 12.7. The predicted octanol–water partition coefficient (Wildman–Crippen LogP) is 5.79. The van der Waals surface area contributed by atoms with Crippen molar-refractivity contribution >= 4 is 56.4 Å².